The topological polar surface area (TPSA) is 128 Å². The molecule has 0 aliphatic carbocycles. The smallest absolute Gasteiger partial charge is 0.351 e. The lowest BCUT2D eigenvalue weighted by atomic mass is 10.0. The average molecular weight is 584 g/mol. The van der Waals surface area contributed by atoms with Crippen molar-refractivity contribution in [1.82, 2.24) is 20.4 Å². The van der Waals surface area contributed by atoms with E-state index in [-0.39, 0.29) is 30.5 Å². The van der Waals surface area contributed by atoms with E-state index in [4.69, 9.17) is 0 Å². The molecule has 5 amide bonds. The third-order valence-electron chi connectivity index (χ3n) is 7.39. The molecular weight excluding hydrogens is 555 g/mol. The number of imide groups is 2. The summed E-state index contributed by atoms with van der Waals surface area (Å²) in [5, 5.41) is 7.99. The van der Waals surface area contributed by atoms with Gasteiger partial charge < -0.3 is 15.5 Å². The first-order valence-electron chi connectivity index (χ1n) is 13.5. The predicted molar refractivity (Wildman–Crippen MR) is 143 cm³/mol. The van der Waals surface area contributed by atoms with E-state index in [2.05, 4.69) is 20.9 Å². The van der Waals surface area contributed by atoms with Crippen molar-refractivity contribution in [1.29, 1.82) is 0 Å². The summed E-state index contributed by atoms with van der Waals surface area (Å²) in [5.74, 6) is -3.00. The summed E-state index contributed by atoms with van der Waals surface area (Å²) < 4.78 is 39.3. The summed E-state index contributed by atoms with van der Waals surface area (Å²) in [4.78, 5) is 65.3. The van der Waals surface area contributed by atoms with E-state index in [0.29, 0.717) is 17.8 Å². The Bertz CT molecular complexity index is 1470. The van der Waals surface area contributed by atoms with Crippen LogP contribution >= 0.6 is 0 Å². The standard InChI is InChI=1S/C29H28F3N5O5/c30-29(31,32)19-6-1-4-17(12-19)13-25(39)34-22(16-36-10-3-11-36)18-5-2-7-20(14-18)33-21-15-26(40)37(28(21)42)23-8-9-24(38)35-27(23)41/h1-2,4-7,12,14-15,22-23,33H,3,8-11,13,16H2,(H,34,39)(H,35,38,41). The van der Waals surface area contributed by atoms with Gasteiger partial charge in [-0.3, -0.25) is 34.2 Å². The van der Waals surface area contributed by atoms with Crippen molar-refractivity contribution in [2.24, 2.45) is 0 Å². The Balaban J connectivity index is 1.29. The minimum Gasteiger partial charge on any atom is -0.351 e. The molecule has 3 heterocycles. The van der Waals surface area contributed by atoms with Crippen LogP contribution in [0.5, 0.6) is 0 Å². The van der Waals surface area contributed by atoms with Gasteiger partial charge in [-0.15, -0.1) is 0 Å². The molecule has 3 aliphatic heterocycles. The van der Waals surface area contributed by atoms with Crippen LogP contribution in [0, 0.1) is 0 Å². The normalized spacial score (nSPS) is 20.1. The van der Waals surface area contributed by atoms with Gasteiger partial charge in [-0.1, -0.05) is 30.3 Å². The van der Waals surface area contributed by atoms with Crippen molar-refractivity contribution >= 4 is 35.2 Å². The molecule has 0 radical (unpaired) electrons. The van der Waals surface area contributed by atoms with Gasteiger partial charge in [-0.25, -0.2) is 0 Å². The van der Waals surface area contributed by atoms with Gasteiger partial charge in [0, 0.05) is 24.7 Å². The summed E-state index contributed by atoms with van der Waals surface area (Å²) in [5.41, 5.74) is 0.496. The van der Waals surface area contributed by atoms with Crippen LogP contribution in [0.1, 0.15) is 42.0 Å². The molecule has 2 aromatic carbocycles. The quantitative estimate of drug-likeness (QED) is 0.387. The number of carbonyl (C=O) groups is 5. The Hall–Kier alpha value is -4.52. The van der Waals surface area contributed by atoms with E-state index >= 15 is 0 Å². The number of nitrogens with zero attached hydrogens (tertiary/aromatic N) is 2. The van der Waals surface area contributed by atoms with E-state index in [0.717, 1.165) is 42.6 Å². The number of piperidine rings is 1. The lowest BCUT2D eigenvalue weighted by Crippen LogP contribution is -2.54. The molecule has 0 spiro atoms. The van der Waals surface area contributed by atoms with Crippen molar-refractivity contribution in [3.8, 4) is 0 Å². The molecule has 13 heteroatoms. The molecule has 2 fully saturated rings. The lowest BCUT2D eigenvalue weighted by Gasteiger charge is -2.34. The van der Waals surface area contributed by atoms with E-state index in [1.165, 1.54) is 12.1 Å². The minimum absolute atomic E-state index is 0.0101. The maximum absolute atomic E-state index is 13.1. The number of amides is 5. The second-order valence-electron chi connectivity index (χ2n) is 10.4. The predicted octanol–water partition coefficient (Wildman–Crippen LogP) is 2.28. The van der Waals surface area contributed by atoms with Gasteiger partial charge in [0.05, 0.1) is 18.0 Å². The number of nitrogens with one attached hydrogen (secondary N) is 3. The van der Waals surface area contributed by atoms with Crippen molar-refractivity contribution in [2.45, 2.75) is 43.9 Å². The molecule has 3 aliphatic rings. The maximum Gasteiger partial charge on any atom is 0.416 e. The zero-order chi connectivity index (χ0) is 30.0. The van der Waals surface area contributed by atoms with Gasteiger partial charge in [-0.2, -0.15) is 13.2 Å². The minimum atomic E-state index is -4.51. The van der Waals surface area contributed by atoms with Crippen LogP contribution in [0.3, 0.4) is 0 Å². The molecule has 2 saturated heterocycles. The number of alkyl halides is 3. The first kappa shape index (κ1) is 29.0. The lowest BCUT2D eigenvalue weighted by molar-refractivity contribution is -0.149. The first-order chi connectivity index (χ1) is 20.0. The number of carbonyl (C=O) groups excluding carboxylic acids is 5. The Labute approximate surface area is 238 Å². The van der Waals surface area contributed by atoms with Crippen LogP contribution in [0.2, 0.25) is 0 Å². The number of hydrogen-bond donors (Lipinski definition) is 3. The van der Waals surface area contributed by atoms with Gasteiger partial charge >= 0.3 is 6.18 Å². The van der Waals surface area contributed by atoms with E-state index in [1.807, 2.05) is 0 Å². The van der Waals surface area contributed by atoms with Crippen molar-refractivity contribution in [2.75, 3.05) is 25.0 Å². The van der Waals surface area contributed by atoms with Gasteiger partial charge in [0.15, 0.2) is 0 Å². The molecule has 42 heavy (non-hydrogen) atoms. The largest absolute Gasteiger partial charge is 0.416 e. The Morgan fingerprint density at radius 1 is 1.05 bits per heavy atom. The van der Waals surface area contributed by atoms with Gasteiger partial charge in [0.25, 0.3) is 11.8 Å². The molecule has 10 nitrogen and oxygen atoms in total. The number of rotatable bonds is 9. The monoisotopic (exact) mass is 583 g/mol. The number of benzene rings is 2. The molecule has 220 valence electrons. The summed E-state index contributed by atoms with van der Waals surface area (Å²) in [6, 6.07) is 9.93. The zero-order valence-corrected chi connectivity index (χ0v) is 22.4. The fourth-order valence-electron chi connectivity index (χ4n) is 5.13. The Morgan fingerprint density at radius 2 is 1.81 bits per heavy atom. The maximum atomic E-state index is 13.1. The molecule has 0 aromatic heterocycles. The Morgan fingerprint density at radius 3 is 2.50 bits per heavy atom. The Kier molecular flexibility index (Phi) is 8.12. The van der Waals surface area contributed by atoms with E-state index in [1.54, 1.807) is 24.3 Å². The third kappa shape index (κ3) is 6.51. The highest BCUT2D eigenvalue weighted by molar-refractivity contribution is 6.20. The van der Waals surface area contributed by atoms with Crippen LogP contribution < -0.4 is 16.0 Å². The second-order valence-corrected chi connectivity index (χ2v) is 10.4. The average Bonchev–Trinajstić information content (AvgIpc) is 3.17. The molecule has 2 atom stereocenters. The molecule has 3 N–H and O–H groups in total. The van der Waals surface area contributed by atoms with E-state index in [9.17, 15) is 37.1 Å². The third-order valence-corrected chi connectivity index (χ3v) is 7.39. The zero-order valence-electron chi connectivity index (χ0n) is 22.4. The molecule has 0 saturated carbocycles. The number of halogens is 3. The van der Waals surface area contributed by atoms with Crippen LogP contribution in [0.25, 0.3) is 0 Å². The van der Waals surface area contributed by atoms with Gasteiger partial charge in [-0.05, 0) is 55.3 Å². The molecule has 2 aromatic rings. The summed E-state index contributed by atoms with van der Waals surface area (Å²) in [7, 11) is 0. The van der Waals surface area contributed by atoms with Crippen LogP contribution in [-0.4, -0.2) is 65.0 Å². The van der Waals surface area contributed by atoms with E-state index < -0.39 is 53.4 Å². The van der Waals surface area contributed by atoms with Gasteiger partial charge in [0.2, 0.25) is 17.7 Å². The highest BCUT2D eigenvalue weighted by Gasteiger charge is 2.42. The highest BCUT2D eigenvalue weighted by Crippen LogP contribution is 2.30. The highest BCUT2D eigenvalue weighted by atomic mass is 19.4. The van der Waals surface area contributed by atoms with Crippen LogP contribution in [0.4, 0.5) is 18.9 Å². The first-order valence-corrected chi connectivity index (χ1v) is 13.5. The number of hydrogen-bond acceptors (Lipinski definition) is 7. The fraction of sp³-hybridized carbons (Fsp3) is 0.345. The second kappa shape index (κ2) is 11.8. The van der Waals surface area contributed by atoms with Crippen LogP contribution in [0.15, 0.2) is 60.3 Å². The number of likely N-dealkylation sites (tertiary alicyclic amines) is 1. The van der Waals surface area contributed by atoms with Gasteiger partial charge in [0.1, 0.15) is 11.7 Å². The SMILES string of the molecule is O=C1CCC(N2C(=O)C=C(Nc3cccc(C(CN4CCC4)NC(=O)Cc4cccc(C(F)(F)F)c4)c3)C2=O)C(=O)N1. The summed E-state index contributed by atoms with van der Waals surface area (Å²) in [6.45, 7) is 2.16. The van der Waals surface area contributed by atoms with Crippen molar-refractivity contribution in [3.63, 3.8) is 0 Å². The molecule has 2 unspecified atom stereocenters. The molecular formula is C29H28F3N5O5. The van der Waals surface area contributed by atoms with Crippen LogP contribution in [-0.2, 0) is 36.6 Å². The van der Waals surface area contributed by atoms with Crippen molar-refractivity contribution < 1.29 is 37.1 Å². The number of anilines is 1. The summed E-state index contributed by atoms with van der Waals surface area (Å²) in [6.07, 6.45) is -2.60. The van der Waals surface area contributed by atoms with Crippen molar-refractivity contribution in [3.05, 3.63) is 77.0 Å². The molecule has 5 rings (SSSR count). The fourth-order valence-corrected chi connectivity index (χ4v) is 5.13. The molecule has 0 bridgehead atoms. The summed E-state index contributed by atoms with van der Waals surface area (Å²) >= 11 is 0.